The lowest BCUT2D eigenvalue weighted by atomic mass is 10.2. The Balaban J connectivity index is 1.36. The van der Waals surface area contributed by atoms with E-state index in [0.717, 1.165) is 22.6 Å². The number of rotatable bonds is 5. The molecule has 6 nitrogen and oxygen atoms in total. The average Bonchev–Trinajstić information content (AvgIpc) is 3.17. The Morgan fingerprint density at radius 2 is 1.96 bits per heavy atom. The van der Waals surface area contributed by atoms with Crippen LogP contribution in [0, 0.1) is 6.92 Å². The number of aromatic nitrogens is 1. The highest BCUT2D eigenvalue weighted by Crippen LogP contribution is 2.32. The number of anilines is 2. The van der Waals surface area contributed by atoms with Crippen molar-refractivity contribution >= 4 is 29.0 Å². The second-order valence-corrected chi connectivity index (χ2v) is 6.80. The Morgan fingerprint density at radius 1 is 1.11 bits per heavy atom. The van der Waals surface area contributed by atoms with Crippen molar-refractivity contribution in [3.05, 3.63) is 76.4 Å². The molecule has 1 aliphatic heterocycles. The first-order valence-corrected chi connectivity index (χ1v) is 9.12. The summed E-state index contributed by atoms with van der Waals surface area (Å²) >= 11 is 6.09. The number of hydrogen-bond acceptors (Lipinski definition) is 5. The van der Waals surface area contributed by atoms with Gasteiger partial charge < -0.3 is 20.1 Å². The molecular weight excluding hydrogens is 378 g/mol. The van der Waals surface area contributed by atoms with Crippen molar-refractivity contribution in [2.24, 2.45) is 0 Å². The van der Waals surface area contributed by atoms with Gasteiger partial charge in [0.1, 0.15) is 5.82 Å². The number of pyridine rings is 1. The van der Waals surface area contributed by atoms with Gasteiger partial charge in [-0.3, -0.25) is 4.79 Å². The lowest BCUT2D eigenvalue weighted by Crippen LogP contribution is -2.12. The fourth-order valence-electron chi connectivity index (χ4n) is 2.75. The Kier molecular flexibility index (Phi) is 5.04. The molecule has 0 fully saturated rings. The normalized spacial score (nSPS) is 11.9. The number of ether oxygens (including phenoxy) is 2. The molecule has 1 aliphatic rings. The largest absolute Gasteiger partial charge is 0.454 e. The molecule has 1 amide bonds. The molecule has 4 rings (SSSR count). The fourth-order valence-corrected chi connectivity index (χ4v) is 2.93. The minimum atomic E-state index is -0.241. The number of amides is 1. The summed E-state index contributed by atoms with van der Waals surface area (Å²) in [6.07, 6.45) is 1.53. The van der Waals surface area contributed by atoms with Gasteiger partial charge in [0.05, 0.1) is 5.56 Å². The van der Waals surface area contributed by atoms with Crippen LogP contribution >= 0.6 is 11.6 Å². The third-order valence-corrected chi connectivity index (χ3v) is 4.77. The second-order valence-electron chi connectivity index (χ2n) is 6.39. The van der Waals surface area contributed by atoms with E-state index in [9.17, 15) is 4.79 Å². The third-order valence-electron chi connectivity index (χ3n) is 4.37. The number of halogens is 1. The lowest BCUT2D eigenvalue weighted by Gasteiger charge is -2.09. The van der Waals surface area contributed by atoms with Crippen molar-refractivity contribution in [1.29, 1.82) is 0 Å². The predicted octanol–water partition coefficient (Wildman–Crippen LogP) is 4.64. The molecule has 1 aromatic heterocycles. The van der Waals surface area contributed by atoms with Crippen LogP contribution in [-0.2, 0) is 6.54 Å². The van der Waals surface area contributed by atoms with E-state index in [1.54, 1.807) is 18.2 Å². The number of aryl methyl sites for hydroxylation is 1. The van der Waals surface area contributed by atoms with Crippen molar-refractivity contribution in [1.82, 2.24) is 4.98 Å². The maximum atomic E-state index is 12.4. The van der Waals surface area contributed by atoms with Gasteiger partial charge in [-0.05, 0) is 54.4 Å². The molecule has 0 bridgehead atoms. The molecule has 0 saturated carbocycles. The van der Waals surface area contributed by atoms with Crippen molar-refractivity contribution in [2.45, 2.75) is 13.5 Å². The summed E-state index contributed by atoms with van der Waals surface area (Å²) in [4.78, 5) is 16.7. The zero-order valence-corrected chi connectivity index (χ0v) is 15.9. The predicted molar refractivity (Wildman–Crippen MR) is 108 cm³/mol. The van der Waals surface area contributed by atoms with Gasteiger partial charge in [-0.25, -0.2) is 4.98 Å². The van der Waals surface area contributed by atoms with E-state index < -0.39 is 0 Å². The van der Waals surface area contributed by atoms with Crippen molar-refractivity contribution < 1.29 is 14.3 Å². The van der Waals surface area contributed by atoms with E-state index >= 15 is 0 Å². The standard InChI is InChI=1S/C21H18ClN3O3/c1-13-2-5-16(9-17(13)22)25-21(26)15-4-7-20(24-11-15)23-10-14-3-6-18-19(8-14)28-12-27-18/h2-9,11H,10,12H2,1H3,(H,23,24)(H,25,26). The van der Waals surface area contributed by atoms with Crippen LogP contribution in [0.1, 0.15) is 21.5 Å². The molecule has 7 heteroatoms. The van der Waals surface area contributed by atoms with E-state index in [0.29, 0.717) is 28.6 Å². The molecule has 2 N–H and O–H groups in total. The van der Waals surface area contributed by atoms with Crippen LogP contribution in [0.3, 0.4) is 0 Å². The summed E-state index contributed by atoms with van der Waals surface area (Å²) in [5, 5.41) is 6.65. The van der Waals surface area contributed by atoms with Crippen LogP contribution in [0.4, 0.5) is 11.5 Å². The first-order valence-electron chi connectivity index (χ1n) is 8.74. The molecule has 0 atom stereocenters. The summed E-state index contributed by atoms with van der Waals surface area (Å²) in [5.41, 5.74) is 3.11. The van der Waals surface area contributed by atoms with Gasteiger partial charge in [0.2, 0.25) is 6.79 Å². The zero-order chi connectivity index (χ0) is 19.5. The van der Waals surface area contributed by atoms with E-state index in [4.69, 9.17) is 21.1 Å². The molecule has 0 saturated heterocycles. The van der Waals surface area contributed by atoms with Gasteiger partial charge in [-0.2, -0.15) is 0 Å². The highest BCUT2D eigenvalue weighted by atomic mass is 35.5. The van der Waals surface area contributed by atoms with E-state index in [1.807, 2.05) is 37.3 Å². The van der Waals surface area contributed by atoms with Gasteiger partial charge in [-0.1, -0.05) is 23.7 Å². The number of nitrogens with zero attached hydrogens (tertiary/aromatic N) is 1. The van der Waals surface area contributed by atoms with Crippen LogP contribution in [0.5, 0.6) is 11.5 Å². The number of carbonyl (C=O) groups is 1. The molecule has 0 aliphatic carbocycles. The summed E-state index contributed by atoms with van der Waals surface area (Å²) in [6, 6.07) is 14.7. The van der Waals surface area contributed by atoms with Gasteiger partial charge in [0.15, 0.2) is 11.5 Å². The summed E-state index contributed by atoms with van der Waals surface area (Å²) in [7, 11) is 0. The SMILES string of the molecule is Cc1ccc(NC(=O)c2ccc(NCc3ccc4c(c3)OCO4)nc2)cc1Cl. The van der Waals surface area contributed by atoms with Gasteiger partial charge >= 0.3 is 0 Å². The quantitative estimate of drug-likeness (QED) is 0.658. The molecular formula is C21H18ClN3O3. The van der Waals surface area contributed by atoms with E-state index in [2.05, 4.69) is 15.6 Å². The van der Waals surface area contributed by atoms with E-state index in [-0.39, 0.29) is 12.7 Å². The smallest absolute Gasteiger partial charge is 0.257 e. The monoisotopic (exact) mass is 395 g/mol. The van der Waals surface area contributed by atoms with Crippen molar-refractivity contribution in [3.8, 4) is 11.5 Å². The summed E-state index contributed by atoms with van der Waals surface area (Å²) in [6.45, 7) is 2.75. The maximum absolute atomic E-state index is 12.4. The molecule has 0 radical (unpaired) electrons. The van der Waals surface area contributed by atoms with Crippen LogP contribution in [0.25, 0.3) is 0 Å². The number of hydrogen-bond donors (Lipinski definition) is 2. The Hall–Kier alpha value is -3.25. The summed E-state index contributed by atoms with van der Waals surface area (Å²) in [5.74, 6) is 1.94. The Labute approximate surface area is 167 Å². The number of carbonyl (C=O) groups excluding carboxylic acids is 1. The minimum Gasteiger partial charge on any atom is -0.454 e. The molecule has 0 unspecified atom stereocenters. The number of nitrogens with one attached hydrogen (secondary N) is 2. The molecule has 28 heavy (non-hydrogen) atoms. The van der Waals surface area contributed by atoms with Crippen LogP contribution < -0.4 is 20.1 Å². The number of benzene rings is 2. The molecule has 142 valence electrons. The molecule has 2 heterocycles. The van der Waals surface area contributed by atoms with Crippen LogP contribution in [0.2, 0.25) is 5.02 Å². The topological polar surface area (TPSA) is 72.5 Å². The average molecular weight is 396 g/mol. The van der Waals surface area contributed by atoms with Gasteiger partial charge in [0, 0.05) is 23.5 Å². The lowest BCUT2D eigenvalue weighted by molar-refractivity contribution is 0.102. The molecule has 0 spiro atoms. The third kappa shape index (κ3) is 4.02. The molecule has 2 aromatic carbocycles. The second kappa shape index (κ2) is 7.78. The van der Waals surface area contributed by atoms with Gasteiger partial charge in [0.25, 0.3) is 5.91 Å². The Bertz CT molecular complexity index is 1020. The summed E-state index contributed by atoms with van der Waals surface area (Å²) < 4.78 is 10.7. The van der Waals surface area contributed by atoms with Crippen molar-refractivity contribution in [2.75, 3.05) is 17.4 Å². The maximum Gasteiger partial charge on any atom is 0.257 e. The number of fused-ring (bicyclic) bond motifs is 1. The molecule has 3 aromatic rings. The zero-order valence-electron chi connectivity index (χ0n) is 15.2. The first kappa shape index (κ1) is 18.1. The highest BCUT2D eigenvalue weighted by molar-refractivity contribution is 6.31. The minimum absolute atomic E-state index is 0.241. The van der Waals surface area contributed by atoms with Gasteiger partial charge in [-0.15, -0.1) is 0 Å². The van der Waals surface area contributed by atoms with E-state index in [1.165, 1.54) is 6.20 Å². The Morgan fingerprint density at radius 3 is 2.75 bits per heavy atom. The van der Waals surface area contributed by atoms with Crippen LogP contribution in [-0.4, -0.2) is 17.7 Å². The van der Waals surface area contributed by atoms with Crippen LogP contribution in [0.15, 0.2) is 54.7 Å². The fraction of sp³-hybridized carbons (Fsp3) is 0.143. The first-order chi connectivity index (χ1) is 13.6. The van der Waals surface area contributed by atoms with Crippen molar-refractivity contribution in [3.63, 3.8) is 0 Å². The highest BCUT2D eigenvalue weighted by Gasteiger charge is 2.13.